The molecule has 2 unspecified atom stereocenters. The molecule has 23 heavy (non-hydrogen) atoms. The van der Waals surface area contributed by atoms with Gasteiger partial charge in [0.25, 0.3) is 0 Å². The second-order valence-corrected chi connectivity index (χ2v) is 6.16. The summed E-state index contributed by atoms with van der Waals surface area (Å²) in [5.74, 6) is -1.25. The maximum Gasteiger partial charge on any atom is 0.407 e. The minimum atomic E-state index is -1.52. The molecule has 1 amide bonds. The van der Waals surface area contributed by atoms with E-state index in [-0.39, 0.29) is 22.8 Å². The van der Waals surface area contributed by atoms with Crippen LogP contribution >= 0.6 is 11.6 Å². The second-order valence-electron chi connectivity index (χ2n) is 5.80. The van der Waals surface area contributed by atoms with Gasteiger partial charge in [-0.15, -0.1) is 0 Å². The molecular formula is C14H19ClN2O6. The van der Waals surface area contributed by atoms with Crippen molar-refractivity contribution >= 4 is 23.7 Å². The van der Waals surface area contributed by atoms with Crippen LogP contribution in [0, 0.1) is 0 Å². The molecule has 0 radical (unpaired) electrons. The van der Waals surface area contributed by atoms with Crippen molar-refractivity contribution in [2.75, 3.05) is 6.54 Å². The molecule has 0 saturated heterocycles. The molecule has 0 fully saturated rings. The monoisotopic (exact) mass is 346 g/mol. The van der Waals surface area contributed by atoms with Crippen molar-refractivity contribution in [1.82, 2.24) is 10.3 Å². The fourth-order valence-electron chi connectivity index (χ4n) is 1.61. The van der Waals surface area contributed by atoms with Gasteiger partial charge in [-0.25, -0.2) is 14.6 Å². The van der Waals surface area contributed by atoms with Crippen LogP contribution in [0.5, 0.6) is 0 Å². The molecule has 0 spiro atoms. The van der Waals surface area contributed by atoms with Crippen LogP contribution < -0.4 is 5.32 Å². The molecule has 0 bridgehead atoms. The van der Waals surface area contributed by atoms with Crippen LogP contribution in [0.2, 0.25) is 5.15 Å². The number of nitrogens with zero attached hydrogens (tertiary/aromatic N) is 1. The highest BCUT2D eigenvalue weighted by Crippen LogP contribution is 2.24. The quantitative estimate of drug-likeness (QED) is 0.592. The molecule has 1 rings (SSSR count). The van der Waals surface area contributed by atoms with Gasteiger partial charge in [0.05, 0.1) is 5.56 Å². The first-order valence-corrected chi connectivity index (χ1v) is 7.11. The summed E-state index contributed by atoms with van der Waals surface area (Å²) in [6.07, 6.45) is -2.67. The van der Waals surface area contributed by atoms with E-state index in [2.05, 4.69) is 10.3 Å². The number of hydrogen-bond donors (Lipinski definition) is 4. The van der Waals surface area contributed by atoms with Gasteiger partial charge >= 0.3 is 12.1 Å². The van der Waals surface area contributed by atoms with Gasteiger partial charge in [-0.05, 0) is 26.8 Å². The fraction of sp³-hybridized carbons (Fsp3) is 0.500. The zero-order valence-electron chi connectivity index (χ0n) is 12.9. The van der Waals surface area contributed by atoms with Crippen LogP contribution in [0.15, 0.2) is 12.3 Å². The molecule has 4 N–H and O–H groups in total. The number of nitrogens with one attached hydrogen (secondary N) is 1. The Kier molecular flexibility index (Phi) is 6.31. The Hall–Kier alpha value is -1.90. The number of amides is 1. The molecule has 0 aromatic carbocycles. The second kappa shape index (κ2) is 7.58. The Morgan fingerprint density at radius 2 is 2.00 bits per heavy atom. The van der Waals surface area contributed by atoms with Crippen LogP contribution in [0.4, 0.5) is 4.79 Å². The molecular weight excluding hydrogens is 328 g/mol. The van der Waals surface area contributed by atoms with Gasteiger partial charge in [-0.1, -0.05) is 11.6 Å². The van der Waals surface area contributed by atoms with E-state index < -0.39 is 29.9 Å². The standard InChI is InChI=1S/C14H19ClN2O6/c1-14(2,3)23-13(22)17-6-9(18)10(19)8-4-7(12(20)21)5-16-11(8)15/h4-5,9-10,18-19H,6H2,1-3H3,(H,17,22)(H,20,21). The number of carbonyl (C=O) groups excluding carboxylic acids is 1. The van der Waals surface area contributed by atoms with Crippen molar-refractivity contribution in [3.8, 4) is 0 Å². The summed E-state index contributed by atoms with van der Waals surface area (Å²) in [5.41, 5.74) is -0.933. The van der Waals surface area contributed by atoms with Gasteiger partial charge in [0.1, 0.15) is 23.0 Å². The van der Waals surface area contributed by atoms with Crippen LogP contribution in [-0.4, -0.2) is 50.6 Å². The van der Waals surface area contributed by atoms with E-state index in [9.17, 15) is 19.8 Å². The lowest BCUT2D eigenvalue weighted by Gasteiger charge is -2.22. The SMILES string of the molecule is CC(C)(C)OC(=O)NCC(O)C(O)c1cc(C(=O)O)cnc1Cl. The number of aliphatic hydroxyl groups is 2. The fourth-order valence-corrected chi connectivity index (χ4v) is 1.83. The van der Waals surface area contributed by atoms with Gasteiger partial charge < -0.3 is 25.4 Å². The molecule has 0 aliphatic carbocycles. The number of pyridine rings is 1. The number of halogens is 1. The largest absolute Gasteiger partial charge is 0.478 e. The Morgan fingerprint density at radius 3 is 2.52 bits per heavy atom. The highest BCUT2D eigenvalue weighted by Gasteiger charge is 2.24. The van der Waals surface area contributed by atoms with Gasteiger partial charge in [-0.3, -0.25) is 0 Å². The summed E-state index contributed by atoms with van der Waals surface area (Å²) in [6, 6.07) is 1.11. The molecule has 0 saturated carbocycles. The van der Waals surface area contributed by atoms with Crippen molar-refractivity contribution in [3.63, 3.8) is 0 Å². The molecule has 0 aliphatic rings. The third-order valence-corrected chi connectivity index (χ3v) is 2.97. The third-order valence-electron chi connectivity index (χ3n) is 2.65. The van der Waals surface area contributed by atoms with Crippen molar-refractivity contribution in [2.45, 2.75) is 38.6 Å². The molecule has 1 aromatic rings. The van der Waals surface area contributed by atoms with Gasteiger partial charge in [0, 0.05) is 18.3 Å². The number of rotatable bonds is 5. The minimum absolute atomic E-state index is 0.0509. The highest BCUT2D eigenvalue weighted by molar-refractivity contribution is 6.30. The molecule has 2 atom stereocenters. The van der Waals surface area contributed by atoms with Gasteiger partial charge in [0.15, 0.2) is 0 Å². The molecule has 8 nitrogen and oxygen atoms in total. The smallest absolute Gasteiger partial charge is 0.407 e. The predicted molar refractivity (Wildman–Crippen MR) is 81.4 cm³/mol. The molecule has 128 valence electrons. The lowest BCUT2D eigenvalue weighted by atomic mass is 10.0. The Morgan fingerprint density at radius 1 is 1.39 bits per heavy atom. The summed E-state index contributed by atoms with van der Waals surface area (Å²) in [6.45, 7) is 4.73. The summed E-state index contributed by atoms with van der Waals surface area (Å²) < 4.78 is 4.99. The van der Waals surface area contributed by atoms with E-state index >= 15 is 0 Å². The number of aromatic carboxylic acids is 1. The number of ether oxygens (including phenoxy) is 1. The predicted octanol–water partition coefficient (Wildman–Crippen LogP) is 1.35. The van der Waals surface area contributed by atoms with Crippen molar-refractivity contribution in [1.29, 1.82) is 0 Å². The highest BCUT2D eigenvalue weighted by atomic mass is 35.5. The number of aromatic nitrogens is 1. The molecule has 1 aromatic heterocycles. The number of hydrogen-bond acceptors (Lipinski definition) is 6. The normalized spacial score (nSPS) is 14.0. The lowest BCUT2D eigenvalue weighted by molar-refractivity contribution is 0.0128. The first-order chi connectivity index (χ1) is 10.5. The van der Waals surface area contributed by atoms with Crippen LogP contribution in [0.25, 0.3) is 0 Å². The van der Waals surface area contributed by atoms with E-state index in [4.69, 9.17) is 21.4 Å². The summed E-state index contributed by atoms with van der Waals surface area (Å²) in [5, 5.41) is 31.0. The van der Waals surface area contributed by atoms with Gasteiger partial charge in [-0.2, -0.15) is 0 Å². The number of alkyl carbamates (subject to hydrolysis) is 1. The molecule has 9 heteroatoms. The van der Waals surface area contributed by atoms with Crippen molar-refractivity contribution < 1.29 is 29.6 Å². The van der Waals surface area contributed by atoms with Crippen LogP contribution in [-0.2, 0) is 4.74 Å². The Balaban J connectivity index is 2.73. The lowest BCUT2D eigenvalue weighted by Crippen LogP contribution is -2.39. The maximum atomic E-state index is 11.5. The van der Waals surface area contributed by atoms with E-state index in [1.807, 2.05) is 0 Å². The zero-order valence-corrected chi connectivity index (χ0v) is 13.7. The first-order valence-electron chi connectivity index (χ1n) is 6.73. The van der Waals surface area contributed by atoms with E-state index in [1.54, 1.807) is 20.8 Å². The van der Waals surface area contributed by atoms with Crippen molar-refractivity contribution in [3.05, 3.63) is 28.5 Å². The average Bonchev–Trinajstić information content (AvgIpc) is 2.42. The van der Waals surface area contributed by atoms with E-state index in [1.165, 1.54) is 0 Å². The number of carbonyl (C=O) groups is 2. The number of aliphatic hydroxyl groups excluding tert-OH is 2. The zero-order chi connectivity index (χ0) is 17.8. The average molecular weight is 347 g/mol. The summed E-state index contributed by atoms with van der Waals surface area (Å²) in [7, 11) is 0. The Labute approximate surface area is 138 Å². The molecule has 1 heterocycles. The number of carboxylic acids is 1. The molecule has 0 aliphatic heterocycles. The van der Waals surface area contributed by atoms with E-state index in [0.29, 0.717) is 0 Å². The Bertz CT molecular complexity index is 587. The topological polar surface area (TPSA) is 129 Å². The van der Waals surface area contributed by atoms with Gasteiger partial charge in [0.2, 0.25) is 0 Å². The van der Waals surface area contributed by atoms with Crippen molar-refractivity contribution in [2.24, 2.45) is 0 Å². The first kappa shape index (κ1) is 19.1. The number of carboxylic acid groups (broad SMARTS) is 1. The van der Waals surface area contributed by atoms with Crippen LogP contribution in [0.1, 0.15) is 42.8 Å². The summed E-state index contributed by atoms with van der Waals surface area (Å²) in [4.78, 5) is 26.0. The van der Waals surface area contributed by atoms with Crippen LogP contribution in [0.3, 0.4) is 0 Å². The van der Waals surface area contributed by atoms with E-state index in [0.717, 1.165) is 12.3 Å². The minimum Gasteiger partial charge on any atom is -0.478 e. The summed E-state index contributed by atoms with van der Waals surface area (Å²) >= 11 is 5.80. The third kappa shape index (κ3) is 6.01. The maximum absolute atomic E-state index is 11.5.